The maximum atomic E-state index is 5.47. The Hall–Kier alpha value is -2.62. The molecule has 1 heterocycles. The number of rotatable bonds is 7. The molecule has 0 saturated carbocycles. The average molecular weight is 506 g/mol. The maximum absolute atomic E-state index is 5.47. The van der Waals surface area contributed by atoms with Crippen LogP contribution in [0, 0.1) is 6.92 Å². The summed E-state index contributed by atoms with van der Waals surface area (Å²) in [6, 6.07) is 16.2. The van der Waals surface area contributed by atoms with Crippen LogP contribution in [0.15, 0.2) is 59.9 Å². The lowest BCUT2D eigenvalue weighted by atomic mass is 10.1. The summed E-state index contributed by atoms with van der Waals surface area (Å²) in [6.45, 7) is 5.87. The van der Waals surface area contributed by atoms with Crippen molar-refractivity contribution < 1.29 is 4.74 Å². The Balaban J connectivity index is 0.00000300. The minimum Gasteiger partial charge on any atom is -0.496 e. The molecule has 3 aromatic rings. The molecule has 0 aliphatic heterocycles. The lowest BCUT2D eigenvalue weighted by Gasteiger charge is -2.13. The van der Waals surface area contributed by atoms with E-state index in [0.29, 0.717) is 19.0 Å². The zero-order valence-corrected chi connectivity index (χ0v) is 19.3. The summed E-state index contributed by atoms with van der Waals surface area (Å²) in [7, 11) is 1.68. The van der Waals surface area contributed by atoms with Crippen LogP contribution in [-0.2, 0) is 13.1 Å². The number of aliphatic imine (C=N–C) groups is 1. The number of hydrogen-bond donors (Lipinski definition) is 2. The molecule has 0 saturated heterocycles. The third kappa shape index (κ3) is 6.18. The summed E-state index contributed by atoms with van der Waals surface area (Å²) in [6.07, 6.45) is 1.72. The molecule has 0 atom stereocenters. The first-order valence-electron chi connectivity index (χ1n) is 9.31. The SMILES string of the molecule is CCNC(=NCc1ccc(C)cc1OC)NCc1nncn1-c1ccccc1.I. The average Bonchev–Trinajstić information content (AvgIpc) is 3.20. The Morgan fingerprint density at radius 1 is 1.14 bits per heavy atom. The van der Waals surface area contributed by atoms with E-state index >= 15 is 0 Å². The van der Waals surface area contributed by atoms with Gasteiger partial charge in [0.1, 0.15) is 12.1 Å². The number of aryl methyl sites for hydroxylation is 1. The first-order chi connectivity index (χ1) is 13.7. The Morgan fingerprint density at radius 2 is 1.93 bits per heavy atom. The Bertz CT molecular complexity index is 926. The van der Waals surface area contributed by atoms with Crippen LogP contribution < -0.4 is 15.4 Å². The van der Waals surface area contributed by atoms with Crippen molar-refractivity contribution in [1.29, 1.82) is 0 Å². The molecule has 154 valence electrons. The fourth-order valence-corrected chi connectivity index (χ4v) is 2.83. The van der Waals surface area contributed by atoms with E-state index in [1.165, 1.54) is 0 Å². The van der Waals surface area contributed by atoms with Crippen LogP contribution in [-0.4, -0.2) is 34.4 Å². The largest absolute Gasteiger partial charge is 0.496 e. The number of halogens is 1. The minimum absolute atomic E-state index is 0. The summed E-state index contributed by atoms with van der Waals surface area (Å²) >= 11 is 0. The van der Waals surface area contributed by atoms with E-state index in [-0.39, 0.29) is 24.0 Å². The van der Waals surface area contributed by atoms with Crippen molar-refractivity contribution in [3.8, 4) is 11.4 Å². The first-order valence-corrected chi connectivity index (χ1v) is 9.31. The standard InChI is InChI=1S/C21H26N6O.HI/c1-4-22-21(23-13-17-11-10-16(2)12-19(17)28-3)24-14-20-26-25-15-27(20)18-8-6-5-7-9-18;/h5-12,15H,4,13-14H2,1-3H3,(H2,22,23,24);1H. The second-order valence-electron chi connectivity index (χ2n) is 6.32. The minimum atomic E-state index is 0. The van der Waals surface area contributed by atoms with Gasteiger partial charge in [0, 0.05) is 17.8 Å². The zero-order chi connectivity index (χ0) is 19.8. The van der Waals surface area contributed by atoms with Gasteiger partial charge >= 0.3 is 0 Å². The van der Waals surface area contributed by atoms with Crippen LogP contribution in [0.5, 0.6) is 5.75 Å². The summed E-state index contributed by atoms with van der Waals surface area (Å²) in [5.41, 5.74) is 3.23. The smallest absolute Gasteiger partial charge is 0.191 e. The van der Waals surface area contributed by atoms with Gasteiger partial charge in [-0.1, -0.05) is 30.3 Å². The van der Waals surface area contributed by atoms with Crippen LogP contribution in [0.4, 0.5) is 0 Å². The molecular weight excluding hydrogens is 479 g/mol. The predicted molar refractivity (Wildman–Crippen MR) is 126 cm³/mol. The lowest BCUT2D eigenvalue weighted by molar-refractivity contribution is 0.409. The molecule has 0 bridgehead atoms. The van der Waals surface area contributed by atoms with Crippen LogP contribution in [0.1, 0.15) is 23.9 Å². The Morgan fingerprint density at radius 3 is 2.66 bits per heavy atom. The van der Waals surface area contributed by atoms with Crippen molar-refractivity contribution in [3.63, 3.8) is 0 Å². The normalized spacial score (nSPS) is 10.9. The van der Waals surface area contributed by atoms with Crippen LogP contribution in [0.25, 0.3) is 5.69 Å². The molecule has 0 amide bonds. The lowest BCUT2D eigenvalue weighted by Crippen LogP contribution is -2.37. The van der Waals surface area contributed by atoms with Gasteiger partial charge in [0.2, 0.25) is 0 Å². The van der Waals surface area contributed by atoms with E-state index in [9.17, 15) is 0 Å². The highest BCUT2D eigenvalue weighted by atomic mass is 127. The van der Waals surface area contributed by atoms with Crippen molar-refractivity contribution >= 4 is 29.9 Å². The summed E-state index contributed by atoms with van der Waals surface area (Å²) in [5, 5.41) is 14.9. The zero-order valence-electron chi connectivity index (χ0n) is 16.9. The molecule has 1 aromatic heterocycles. The van der Waals surface area contributed by atoms with E-state index in [4.69, 9.17) is 4.74 Å². The highest BCUT2D eigenvalue weighted by Gasteiger charge is 2.08. The molecule has 7 nitrogen and oxygen atoms in total. The number of benzene rings is 2. The number of nitrogens with one attached hydrogen (secondary N) is 2. The van der Waals surface area contributed by atoms with E-state index in [2.05, 4.69) is 31.9 Å². The Labute approximate surface area is 188 Å². The van der Waals surface area contributed by atoms with E-state index < -0.39 is 0 Å². The molecular formula is C21H27IN6O. The van der Waals surface area contributed by atoms with Crippen LogP contribution >= 0.6 is 24.0 Å². The first kappa shape index (κ1) is 22.7. The van der Waals surface area contributed by atoms with Crippen LogP contribution in [0.2, 0.25) is 0 Å². The highest BCUT2D eigenvalue weighted by Crippen LogP contribution is 2.20. The van der Waals surface area contributed by atoms with Gasteiger partial charge in [-0.2, -0.15) is 0 Å². The number of aromatic nitrogens is 3. The van der Waals surface area contributed by atoms with E-state index in [1.807, 2.05) is 60.9 Å². The molecule has 2 aromatic carbocycles. The van der Waals surface area contributed by atoms with Crippen molar-refractivity contribution in [3.05, 3.63) is 71.8 Å². The number of hydrogen-bond acceptors (Lipinski definition) is 4. The molecule has 3 rings (SSSR count). The second kappa shape index (κ2) is 11.4. The summed E-state index contributed by atoms with van der Waals surface area (Å²) in [4.78, 5) is 4.68. The monoisotopic (exact) mass is 506 g/mol. The molecule has 0 spiro atoms. The third-order valence-electron chi connectivity index (χ3n) is 4.26. The fourth-order valence-electron chi connectivity index (χ4n) is 2.83. The van der Waals surface area contributed by atoms with E-state index in [1.54, 1.807) is 13.4 Å². The van der Waals surface area contributed by atoms with Gasteiger partial charge in [-0.3, -0.25) is 4.57 Å². The van der Waals surface area contributed by atoms with Gasteiger partial charge in [0.25, 0.3) is 0 Å². The quantitative estimate of drug-likeness (QED) is 0.292. The van der Waals surface area contributed by atoms with Gasteiger partial charge in [-0.15, -0.1) is 34.2 Å². The van der Waals surface area contributed by atoms with Gasteiger partial charge in [-0.05, 0) is 37.6 Å². The summed E-state index contributed by atoms with van der Waals surface area (Å²) < 4.78 is 7.43. The topological polar surface area (TPSA) is 76.4 Å². The van der Waals surface area contributed by atoms with Gasteiger partial charge < -0.3 is 15.4 Å². The molecule has 0 unspecified atom stereocenters. The molecule has 0 aliphatic rings. The molecule has 0 radical (unpaired) electrons. The number of para-hydroxylation sites is 1. The molecule has 2 N–H and O–H groups in total. The fraction of sp³-hybridized carbons (Fsp3) is 0.286. The maximum Gasteiger partial charge on any atom is 0.191 e. The van der Waals surface area contributed by atoms with Crippen molar-refractivity contribution in [1.82, 2.24) is 25.4 Å². The highest BCUT2D eigenvalue weighted by molar-refractivity contribution is 14.0. The van der Waals surface area contributed by atoms with Gasteiger partial charge in [-0.25, -0.2) is 4.99 Å². The number of methoxy groups -OCH3 is 1. The number of ether oxygens (including phenoxy) is 1. The Kier molecular flexibility index (Phi) is 8.91. The van der Waals surface area contributed by atoms with Gasteiger partial charge in [0.05, 0.1) is 20.2 Å². The van der Waals surface area contributed by atoms with Crippen LogP contribution in [0.3, 0.4) is 0 Å². The predicted octanol–water partition coefficient (Wildman–Crippen LogP) is 3.46. The number of nitrogens with zero attached hydrogens (tertiary/aromatic N) is 4. The molecule has 8 heteroatoms. The molecule has 29 heavy (non-hydrogen) atoms. The van der Waals surface area contributed by atoms with Crippen molar-refractivity contribution in [2.24, 2.45) is 4.99 Å². The molecule has 0 aliphatic carbocycles. The molecule has 0 fully saturated rings. The van der Waals surface area contributed by atoms with Crippen molar-refractivity contribution in [2.75, 3.05) is 13.7 Å². The van der Waals surface area contributed by atoms with Crippen molar-refractivity contribution in [2.45, 2.75) is 26.9 Å². The summed E-state index contributed by atoms with van der Waals surface area (Å²) in [5.74, 6) is 2.38. The third-order valence-corrected chi connectivity index (χ3v) is 4.26. The second-order valence-corrected chi connectivity index (χ2v) is 6.32. The van der Waals surface area contributed by atoms with E-state index in [0.717, 1.165) is 34.9 Å². The number of guanidine groups is 1. The van der Waals surface area contributed by atoms with Gasteiger partial charge in [0.15, 0.2) is 11.8 Å².